The number of halogens is 3. The maximum absolute atomic E-state index is 13.1. The Labute approximate surface area is 193 Å². The molecule has 6 nitrogen and oxygen atoms in total. The summed E-state index contributed by atoms with van der Waals surface area (Å²) >= 11 is 1.36. The van der Waals surface area contributed by atoms with Crippen LogP contribution in [-0.2, 0) is 17.3 Å². The van der Waals surface area contributed by atoms with Gasteiger partial charge in [-0.1, -0.05) is 26.0 Å². The molecule has 0 aliphatic rings. The molecule has 2 aromatic heterocycles. The Kier molecular flexibility index (Phi) is 7.57. The number of methoxy groups -OCH3 is 1. The van der Waals surface area contributed by atoms with Crippen LogP contribution in [0, 0.1) is 5.92 Å². The lowest BCUT2D eigenvalue weighted by Crippen LogP contribution is -2.12. The largest absolute Gasteiger partial charge is 0.494 e. The number of ether oxygens (including phenoxy) is 2. The number of esters is 1. The van der Waals surface area contributed by atoms with E-state index in [0.717, 1.165) is 35.7 Å². The van der Waals surface area contributed by atoms with Crippen LogP contribution in [-0.4, -0.2) is 29.7 Å². The van der Waals surface area contributed by atoms with Crippen molar-refractivity contribution in [1.29, 1.82) is 0 Å². The monoisotopic (exact) mass is 479 g/mol. The number of hydrogen-bond donors (Lipinski definition) is 1. The second-order valence-corrected chi connectivity index (χ2v) is 8.67. The number of aromatic nitrogens is 2. The number of carbonyl (C=O) groups is 1. The van der Waals surface area contributed by atoms with Crippen LogP contribution in [0.15, 0.2) is 36.5 Å². The Bertz CT molecular complexity index is 1130. The van der Waals surface area contributed by atoms with Gasteiger partial charge in [0.05, 0.1) is 25.0 Å². The fraction of sp³-hybridized carbons (Fsp3) is 0.348. The van der Waals surface area contributed by atoms with Crippen LogP contribution < -0.4 is 10.1 Å². The summed E-state index contributed by atoms with van der Waals surface area (Å²) in [6.45, 7) is 6.60. The van der Waals surface area contributed by atoms with Gasteiger partial charge >= 0.3 is 12.1 Å². The number of carbonyl (C=O) groups excluding carboxylic acids is 1. The molecule has 0 saturated heterocycles. The predicted octanol–water partition coefficient (Wildman–Crippen LogP) is 6.35. The predicted molar refractivity (Wildman–Crippen MR) is 121 cm³/mol. The zero-order chi connectivity index (χ0) is 24.2. The molecule has 0 atom stereocenters. The molecule has 0 aliphatic carbocycles. The SMILES string of the molecule is CCOc1cccc(-c2nc(Nc3ncc(C(F)(F)F)cc3C(=O)OC)sc2CC(C)C)c1. The molecule has 1 aromatic carbocycles. The van der Waals surface area contributed by atoms with Gasteiger partial charge in [0, 0.05) is 16.6 Å². The van der Waals surface area contributed by atoms with Crippen LogP contribution in [0.5, 0.6) is 5.75 Å². The minimum Gasteiger partial charge on any atom is -0.494 e. The number of rotatable bonds is 8. The van der Waals surface area contributed by atoms with Gasteiger partial charge in [-0.05, 0) is 37.5 Å². The van der Waals surface area contributed by atoms with Gasteiger partial charge in [-0.3, -0.25) is 0 Å². The average molecular weight is 480 g/mol. The van der Waals surface area contributed by atoms with Crippen LogP contribution in [0.3, 0.4) is 0 Å². The summed E-state index contributed by atoms with van der Waals surface area (Å²) in [4.78, 5) is 21.6. The summed E-state index contributed by atoms with van der Waals surface area (Å²) in [5, 5.41) is 3.31. The Balaban J connectivity index is 2.02. The lowest BCUT2D eigenvalue weighted by molar-refractivity contribution is -0.137. The first-order chi connectivity index (χ1) is 15.6. The molecule has 1 N–H and O–H groups in total. The third kappa shape index (κ3) is 6.01. The molecule has 10 heteroatoms. The van der Waals surface area contributed by atoms with Crippen LogP contribution in [0.25, 0.3) is 11.3 Å². The first kappa shape index (κ1) is 24.5. The van der Waals surface area contributed by atoms with Gasteiger partial charge in [-0.15, -0.1) is 11.3 Å². The summed E-state index contributed by atoms with van der Waals surface area (Å²) in [7, 11) is 1.10. The highest BCUT2D eigenvalue weighted by molar-refractivity contribution is 7.16. The van der Waals surface area contributed by atoms with Gasteiger partial charge in [0.2, 0.25) is 0 Å². The van der Waals surface area contributed by atoms with Crippen LogP contribution in [0.2, 0.25) is 0 Å². The van der Waals surface area contributed by atoms with Gasteiger partial charge in [0.1, 0.15) is 17.1 Å². The third-order valence-corrected chi connectivity index (χ3v) is 5.55. The molecular weight excluding hydrogens is 455 g/mol. The zero-order valence-electron chi connectivity index (χ0n) is 18.6. The molecule has 0 saturated carbocycles. The van der Waals surface area contributed by atoms with Gasteiger partial charge < -0.3 is 14.8 Å². The molecule has 0 bridgehead atoms. The topological polar surface area (TPSA) is 73.3 Å². The Morgan fingerprint density at radius 1 is 1.24 bits per heavy atom. The summed E-state index contributed by atoms with van der Waals surface area (Å²) in [5.74, 6) is 0.0707. The molecule has 0 aliphatic heterocycles. The van der Waals surface area contributed by atoms with Crippen LogP contribution >= 0.6 is 11.3 Å². The van der Waals surface area contributed by atoms with Crippen molar-refractivity contribution in [2.75, 3.05) is 19.0 Å². The first-order valence-corrected chi connectivity index (χ1v) is 11.1. The highest BCUT2D eigenvalue weighted by Crippen LogP contribution is 2.37. The van der Waals surface area contributed by atoms with E-state index in [1.807, 2.05) is 31.2 Å². The van der Waals surface area contributed by atoms with Crippen molar-refractivity contribution in [3.63, 3.8) is 0 Å². The van der Waals surface area contributed by atoms with Gasteiger partial charge in [0.25, 0.3) is 0 Å². The van der Waals surface area contributed by atoms with E-state index in [4.69, 9.17) is 4.74 Å². The quantitative estimate of drug-likeness (QED) is 0.380. The Morgan fingerprint density at radius 2 is 2.00 bits per heavy atom. The third-order valence-electron chi connectivity index (χ3n) is 4.56. The van der Waals surface area contributed by atoms with E-state index in [1.165, 1.54) is 11.3 Å². The van der Waals surface area contributed by atoms with Gasteiger partial charge in [-0.2, -0.15) is 13.2 Å². The fourth-order valence-corrected chi connectivity index (χ4v) is 4.32. The maximum Gasteiger partial charge on any atom is 0.417 e. The van der Waals surface area contributed by atoms with E-state index in [2.05, 4.69) is 33.9 Å². The van der Waals surface area contributed by atoms with Crippen molar-refractivity contribution >= 4 is 28.3 Å². The van der Waals surface area contributed by atoms with E-state index in [0.29, 0.717) is 29.6 Å². The highest BCUT2D eigenvalue weighted by Gasteiger charge is 2.33. The summed E-state index contributed by atoms with van der Waals surface area (Å²) < 4.78 is 49.6. The highest BCUT2D eigenvalue weighted by atomic mass is 32.1. The average Bonchev–Trinajstić information content (AvgIpc) is 3.14. The molecule has 0 unspecified atom stereocenters. The van der Waals surface area contributed by atoms with E-state index in [9.17, 15) is 18.0 Å². The van der Waals surface area contributed by atoms with Crippen molar-refractivity contribution < 1.29 is 27.4 Å². The molecule has 0 fully saturated rings. The number of alkyl halides is 3. The van der Waals surface area contributed by atoms with Crippen molar-refractivity contribution in [3.8, 4) is 17.0 Å². The van der Waals surface area contributed by atoms with E-state index < -0.39 is 17.7 Å². The molecule has 2 heterocycles. The number of benzene rings is 1. The fourth-order valence-electron chi connectivity index (χ4n) is 3.13. The second kappa shape index (κ2) is 10.2. The minimum absolute atomic E-state index is 0.0608. The minimum atomic E-state index is -4.64. The second-order valence-electron chi connectivity index (χ2n) is 7.58. The Morgan fingerprint density at radius 3 is 2.64 bits per heavy atom. The van der Waals surface area contributed by atoms with Crippen molar-refractivity contribution in [2.45, 2.75) is 33.4 Å². The zero-order valence-corrected chi connectivity index (χ0v) is 19.4. The van der Waals surface area contributed by atoms with E-state index in [-0.39, 0.29) is 11.4 Å². The Hall–Kier alpha value is -3.14. The van der Waals surface area contributed by atoms with Crippen molar-refractivity contribution in [1.82, 2.24) is 9.97 Å². The number of pyridine rings is 1. The summed E-state index contributed by atoms with van der Waals surface area (Å²) in [6.07, 6.45) is -3.22. The number of nitrogens with zero attached hydrogens (tertiary/aromatic N) is 2. The maximum atomic E-state index is 13.1. The summed E-state index contributed by atoms with van der Waals surface area (Å²) in [5.41, 5.74) is 0.230. The number of anilines is 2. The normalized spacial score (nSPS) is 11.5. The molecule has 3 rings (SSSR count). The molecule has 0 amide bonds. The molecule has 176 valence electrons. The first-order valence-electron chi connectivity index (χ1n) is 10.3. The smallest absolute Gasteiger partial charge is 0.417 e. The number of thiazole rings is 1. The molecule has 33 heavy (non-hydrogen) atoms. The van der Waals surface area contributed by atoms with E-state index >= 15 is 0 Å². The molecule has 0 radical (unpaired) electrons. The van der Waals surface area contributed by atoms with Crippen molar-refractivity contribution in [3.05, 3.63) is 52.5 Å². The van der Waals surface area contributed by atoms with E-state index in [1.54, 1.807) is 0 Å². The number of hydrogen-bond acceptors (Lipinski definition) is 7. The molecule has 3 aromatic rings. The standard InChI is InChI=1S/C23H24F3N3O3S/c1-5-32-16-8-6-7-14(10-16)19-18(9-13(2)3)33-22(28-19)29-20-17(21(30)31-4)11-15(12-27-20)23(24,25)26/h6-8,10-13H,5,9H2,1-4H3,(H,27,28,29). The van der Waals surface area contributed by atoms with Crippen molar-refractivity contribution in [2.24, 2.45) is 5.92 Å². The van der Waals surface area contributed by atoms with Gasteiger partial charge in [-0.25, -0.2) is 14.8 Å². The summed E-state index contributed by atoms with van der Waals surface area (Å²) in [6, 6.07) is 8.26. The molecule has 0 spiro atoms. The lowest BCUT2D eigenvalue weighted by Gasteiger charge is -2.11. The van der Waals surface area contributed by atoms with Crippen LogP contribution in [0.4, 0.5) is 24.1 Å². The lowest BCUT2D eigenvalue weighted by atomic mass is 10.0. The van der Waals surface area contributed by atoms with Gasteiger partial charge in [0.15, 0.2) is 5.13 Å². The molecular formula is C23H24F3N3O3S. The number of nitrogens with one attached hydrogen (secondary N) is 1. The van der Waals surface area contributed by atoms with Crippen LogP contribution in [0.1, 0.15) is 41.6 Å².